The number of nitrogens with zero attached hydrogens (tertiary/aromatic N) is 1. The van der Waals surface area contributed by atoms with Crippen LogP contribution in [0.25, 0.3) is 11.1 Å². The van der Waals surface area contributed by atoms with Crippen molar-refractivity contribution < 1.29 is 40.9 Å². The summed E-state index contributed by atoms with van der Waals surface area (Å²) in [6.07, 6.45) is 1.74. The Balaban J connectivity index is 1.21. The molecule has 11 heteroatoms. The van der Waals surface area contributed by atoms with Crippen LogP contribution in [0.5, 0.6) is 17.2 Å². The van der Waals surface area contributed by atoms with Crippen molar-refractivity contribution in [3.63, 3.8) is 0 Å². The molecule has 3 aromatic carbocycles. The third kappa shape index (κ3) is 5.75. The fourth-order valence-corrected chi connectivity index (χ4v) is 7.53. The highest BCUT2D eigenvalue weighted by Crippen LogP contribution is 2.46. The maximum atomic E-state index is 15.5. The Morgan fingerprint density at radius 2 is 1.75 bits per heavy atom. The van der Waals surface area contributed by atoms with Crippen molar-refractivity contribution in [2.45, 2.75) is 45.1 Å². The number of halogens is 2. The van der Waals surface area contributed by atoms with Gasteiger partial charge in [-0.05, 0) is 67.1 Å². The van der Waals surface area contributed by atoms with Crippen LogP contribution in [0.15, 0.2) is 36.4 Å². The lowest BCUT2D eigenvalue weighted by Crippen LogP contribution is -2.51. The minimum Gasteiger partial charge on any atom is -0.493 e. The second-order valence-corrected chi connectivity index (χ2v) is 13.9. The number of aryl methyl sites for hydroxylation is 2. The minimum absolute atomic E-state index is 0.103. The molecule has 0 radical (unpaired) electrons. The molecule has 0 bridgehead atoms. The first-order valence-corrected chi connectivity index (χ1v) is 16.5. The highest BCUT2D eigenvalue weighted by atomic mass is 32.2. The van der Waals surface area contributed by atoms with Crippen molar-refractivity contribution >= 4 is 16.0 Å². The highest BCUT2D eigenvalue weighted by Gasteiger charge is 2.35. The van der Waals surface area contributed by atoms with Gasteiger partial charge >= 0.3 is 5.97 Å². The van der Waals surface area contributed by atoms with Crippen LogP contribution in [0.3, 0.4) is 0 Å². The lowest BCUT2D eigenvalue weighted by Gasteiger charge is -2.36. The molecule has 1 aliphatic carbocycles. The Hall–Kier alpha value is -3.70. The van der Waals surface area contributed by atoms with Crippen molar-refractivity contribution in [1.82, 2.24) is 4.31 Å². The van der Waals surface area contributed by atoms with Crippen molar-refractivity contribution in [3.05, 3.63) is 75.8 Å². The van der Waals surface area contributed by atoms with Gasteiger partial charge in [0.25, 0.3) is 0 Å². The summed E-state index contributed by atoms with van der Waals surface area (Å²) in [6.45, 7) is 5.35. The summed E-state index contributed by atoms with van der Waals surface area (Å²) in [6, 6.07) is 10.0. The van der Waals surface area contributed by atoms with E-state index < -0.39 is 27.8 Å². The predicted octanol–water partition coefficient (Wildman–Crippen LogP) is 5.62. The van der Waals surface area contributed by atoms with Gasteiger partial charge in [0.2, 0.25) is 10.0 Å². The number of benzene rings is 3. The van der Waals surface area contributed by atoms with Crippen molar-refractivity contribution in [3.8, 4) is 28.4 Å². The molecule has 1 fully saturated rings. The van der Waals surface area contributed by atoms with Gasteiger partial charge in [0, 0.05) is 53.7 Å². The zero-order chi connectivity index (χ0) is 31.3. The summed E-state index contributed by atoms with van der Waals surface area (Å²) in [5, 5.41) is 0. The van der Waals surface area contributed by atoms with Gasteiger partial charge in [-0.3, -0.25) is 4.79 Å². The lowest BCUT2D eigenvalue weighted by atomic mass is 9.89. The van der Waals surface area contributed by atoms with E-state index in [2.05, 4.69) is 0 Å². The number of sulfonamides is 1. The number of carbonyl (C=O) groups is 1. The van der Waals surface area contributed by atoms with Crippen LogP contribution in [-0.2, 0) is 26.0 Å². The van der Waals surface area contributed by atoms with Crippen LogP contribution in [0.4, 0.5) is 8.78 Å². The molecule has 2 heterocycles. The van der Waals surface area contributed by atoms with Crippen LogP contribution in [0, 0.1) is 31.4 Å². The Morgan fingerprint density at radius 3 is 2.43 bits per heavy atom. The second kappa shape index (κ2) is 11.7. The first kappa shape index (κ1) is 30.3. The van der Waals surface area contributed by atoms with Gasteiger partial charge in [0.15, 0.2) is 0 Å². The van der Waals surface area contributed by atoms with Gasteiger partial charge in [0.1, 0.15) is 35.0 Å². The molecule has 0 spiro atoms. The molecule has 2 unspecified atom stereocenters. The molecule has 0 N–H and O–H groups in total. The molecule has 234 valence electrons. The average molecular weight is 628 g/mol. The molecule has 0 saturated carbocycles. The SMILES string of the molecule is COC(=O)CC1COc2cc(OC3CCc4c(-c5c(C)cc(OCC6CN(S(C)(=O)=O)C6)cc5C)c(F)cc(F)c43)ccc21. The van der Waals surface area contributed by atoms with Crippen LogP contribution in [0.1, 0.15) is 52.7 Å². The quantitative estimate of drug-likeness (QED) is 0.284. The number of fused-ring (bicyclic) bond motifs is 2. The number of esters is 1. The first-order chi connectivity index (χ1) is 20.9. The Morgan fingerprint density at radius 1 is 1.02 bits per heavy atom. The van der Waals surface area contributed by atoms with Gasteiger partial charge < -0.3 is 18.9 Å². The summed E-state index contributed by atoms with van der Waals surface area (Å²) in [5.74, 6) is 0.176. The van der Waals surface area contributed by atoms with E-state index in [-0.39, 0.29) is 24.2 Å². The van der Waals surface area contributed by atoms with E-state index in [4.69, 9.17) is 18.9 Å². The molecular weight excluding hydrogens is 592 g/mol. The molecule has 0 aromatic heterocycles. The number of rotatable bonds is 9. The summed E-state index contributed by atoms with van der Waals surface area (Å²) in [4.78, 5) is 11.8. The van der Waals surface area contributed by atoms with E-state index in [0.717, 1.165) is 22.8 Å². The summed E-state index contributed by atoms with van der Waals surface area (Å²) < 4.78 is 78.4. The maximum Gasteiger partial charge on any atom is 0.306 e. The summed E-state index contributed by atoms with van der Waals surface area (Å²) in [7, 11) is -1.83. The number of hydrogen-bond donors (Lipinski definition) is 0. The molecule has 3 aliphatic rings. The van der Waals surface area contributed by atoms with Crippen molar-refractivity contribution in [1.29, 1.82) is 0 Å². The molecule has 0 amide bonds. The maximum absolute atomic E-state index is 15.5. The van der Waals surface area contributed by atoms with Gasteiger partial charge in [-0.25, -0.2) is 21.5 Å². The lowest BCUT2D eigenvalue weighted by molar-refractivity contribution is -0.141. The van der Waals surface area contributed by atoms with Crippen molar-refractivity contribution in [2.75, 3.05) is 39.7 Å². The molecule has 6 rings (SSSR count). The average Bonchev–Trinajstić information content (AvgIpc) is 3.52. The molecule has 2 atom stereocenters. The fraction of sp³-hybridized carbons (Fsp3) is 0.424. The van der Waals surface area contributed by atoms with Crippen LogP contribution in [0.2, 0.25) is 0 Å². The van der Waals surface area contributed by atoms with E-state index in [1.807, 2.05) is 32.0 Å². The number of ether oxygens (including phenoxy) is 4. The molecule has 44 heavy (non-hydrogen) atoms. The topological polar surface area (TPSA) is 91.4 Å². The number of methoxy groups -OCH3 is 1. The first-order valence-electron chi connectivity index (χ1n) is 14.6. The Bertz CT molecular complexity index is 1710. The van der Waals surface area contributed by atoms with Crippen molar-refractivity contribution in [2.24, 2.45) is 5.92 Å². The van der Waals surface area contributed by atoms with Gasteiger partial charge in [-0.1, -0.05) is 6.07 Å². The van der Waals surface area contributed by atoms with Gasteiger partial charge in [-0.2, -0.15) is 0 Å². The highest BCUT2D eigenvalue weighted by molar-refractivity contribution is 7.88. The number of hydrogen-bond acceptors (Lipinski definition) is 7. The second-order valence-electron chi connectivity index (χ2n) is 11.9. The zero-order valence-electron chi connectivity index (χ0n) is 25.1. The molecule has 2 aliphatic heterocycles. The monoisotopic (exact) mass is 627 g/mol. The normalized spacial score (nSPS) is 19.6. The molecule has 3 aromatic rings. The van der Waals surface area contributed by atoms with E-state index in [1.165, 1.54) is 17.7 Å². The van der Waals surface area contributed by atoms with E-state index in [1.54, 1.807) is 12.1 Å². The third-order valence-corrected chi connectivity index (χ3v) is 10.0. The van der Waals surface area contributed by atoms with Crippen LogP contribution in [-0.4, -0.2) is 58.4 Å². The summed E-state index contributed by atoms with van der Waals surface area (Å²) >= 11 is 0. The molecular formula is C33H35F2NO7S. The Kier molecular flexibility index (Phi) is 8.04. The number of carbonyl (C=O) groups excluding carboxylic acids is 1. The zero-order valence-corrected chi connectivity index (χ0v) is 25.9. The largest absolute Gasteiger partial charge is 0.493 e. The Labute approximate surface area is 255 Å². The molecule has 8 nitrogen and oxygen atoms in total. The van der Waals surface area contributed by atoms with E-state index >= 15 is 8.78 Å². The standard InChI is InChI=1S/C33H35F2NO7S/c1-18-9-23(41-16-20-14-36(15-20)44(4,38)39)10-19(2)31(18)33-25-7-8-28(32(25)26(34)13-27(33)35)43-22-5-6-24-21(11-30(37)40-3)17-42-29(24)12-22/h5-6,9-10,12-13,20-21,28H,7-8,11,14-17H2,1-4H3. The summed E-state index contributed by atoms with van der Waals surface area (Å²) in [5.41, 5.74) is 4.50. The van der Waals surface area contributed by atoms with Gasteiger partial charge in [-0.15, -0.1) is 0 Å². The minimum atomic E-state index is -3.19. The van der Waals surface area contributed by atoms with E-state index in [9.17, 15) is 13.2 Å². The van der Waals surface area contributed by atoms with E-state index in [0.29, 0.717) is 78.6 Å². The fourth-order valence-electron chi connectivity index (χ4n) is 6.56. The predicted molar refractivity (Wildman–Crippen MR) is 160 cm³/mol. The third-order valence-electron chi connectivity index (χ3n) is 8.77. The van der Waals surface area contributed by atoms with Crippen LogP contribution >= 0.6 is 0 Å². The van der Waals surface area contributed by atoms with Crippen LogP contribution < -0.4 is 14.2 Å². The molecule has 1 saturated heterocycles. The van der Waals surface area contributed by atoms with Gasteiger partial charge in [0.05, 0.1) is 33.0 Å². The smallest absolute Gasteiger partial charge is 0.306 e.